The minimum atomic E-state index is -0.110. The SMILES string of the molecule is OC1CC(c2ccon2)C1. The summed E-state index contributed by atoms with van der Waals surface area (Å²) in [4.78, 5) is 0. The summed E-state index contributed by atoms with van der Waals surface area (Å²) in [7, 11) is 0. The van der Waals surface area contributed by atoms with Crippen molar-refractivity contribution in [2.45, 2.75) is 24.9 Å². The molecule has 54 valence electrons. The molecule has 0 aromatic carbocycles. The summed E-state index contributed by atoms with van der Waals surface area (Å²) < 4.78 is 4.67. The van der Waals surface area contributed by atoms with Crippen molar-refractivity contribution in [1.29, 1.82) is 0 Å². The lowest BCUT2D eigenvalue weighted by Gasteiger charge is -2.29. The first-order valence-electron chi connectivity index (χ1n) is 3.44. The molecule has 2 rings (SSSR count). The molecule has 1 aromatic heterocycles. The third kappa shape index (κ3) is 0.827. The van der Waals surface area contributed by atoms with Gasteiger partial charge in [-0.25, -0.2) is 0 Å². The molecule has 3 heteroatoms. The highest BCUT2D eigenvalue weighted by Gasteiger charge is 2.30. The fraction of sp³-hybridized carbons (Fsp3) is 0.571. The van der Waals surface area contributed by atoms with Gasteiger partial charge < -0.3 is 9.63 Å². The maximum atomic E-state index is 8.96. The average Bonchev–Trinajstić information content (AvgIpc) is 2.31. The number of hydrogen-bond donors (Lipinski definition) is 1. The van der Waals surface area contributed by atoms with Crippen LogP contribution >= 0.6 is 0 Å². The Bertz CT molecular complexity index is 201. The number of nitrogens with zero attached hydrogens (tertiary/aromatic N) is 1. The first-order valence-corrected chi connectivity index (χ1v) is 3.44. The molecule has 0 unspecified atom stereocenters. The van der Waals surface area contributed by atoms with E-state index in [1.54, 1.807) is 6.26 Å². The largest absolute Gasteiger partial charge is 0.393 e. The molecule has 3 nitrogen and oxygen atoms in total. The number of aromatic nitrogens is 1. The van der Waals surface area contributed by atoms with Gasteiger partial charge in [-0.2, -0.15) is 0 Å². The fourth-order valence-corrected chi connectivity index (χ4v) is 1.26. The average molecular weight is 139 g/mol. The van der Waals surface area contributed by atoms with Crippen molar-refractivity contribution in [2.75, 3.05) is 0 Å². The van der Waals surface area contributed by atoms with Crippen molar-refractivity contribution in [2.24, 2.45) is 0 Å². The van der Waals surface area contributed by atoms with Crippen molar-refractivity contribution in [3.05, 3.63) is 18.0 Å². The highest BCUT2D eigenvalue weighted by Crippen LogP contribution is 2.35. The molecule has 1 aliphatic carbocycles. The van der Waals surface area contributed by atoms with E-state index in [0.717, 1.165) is 18.5 Å². The first kappa shape index (κ1) is 5.92. The quantitative estimate of drug-likeness (QED) is 0.629. The van der Waals surface area contributed by atoms with Gasteiger partial charge in [0.1, 0.15) is 6.26 Å². The molecule has 0 aliphatic heterocycles. The van der Waals surface area contributed by atoms with Crippen LogP contribution < -0.4 is 0 Å². The maximum Gasteiger partial charge on any atom is 0.124 e. The van der Waals surface area contributed by atoms with Crippen LogP contribution in [0.2, 0.25) is 0 Å². The van der Waals surface area contributed by atoms with Crippen LogP contribution in [0.25, 0.3) is 0 Å². The number of hydrogen-bond acceptors (Lipinski definition) is 3. The summed E-state index contributed by atoms with van der Waals surface area (Å²) in [5.74, 6) is 0.439. The Hall–Kier alpha value is -0.830. The molecular formula is C7H9NO2. The Balaban J connectivity index is 2.04. The van der Waals surface area contributed by atoms with Crippen LogP contribution in [-0.2, 0) is 0 Å². The molecule has 1 N–H and O–H groups in total. The van der Waals surface area contributed by atoms with Crippen molar-refractivity contribution in [1.82, 2.24) is 5.16 Å². The number of rotatable bonds is 1. The second kappa shape index (κ2) is 2.09. The second-order valence-corrected chi connectivity index (χ2v) is 2.75. The summed E-state index contributed by atoms with van der Waals surface area (Å²) in [5.41, 5.74) is 0.977. The highest BCUT2D eigenvalue weighted by molar-refractivity contribution is 5.09. The third-order valence-corrected chi connectivity index (χ3v) is 1.99. The normalized spacial score (nSPS) is 31.7. The van der Waals surface area contributed by atoms with E-state index in [-0.39, 0.29) is 6.10 Å². The number of aliphatic hydroxyl groups is 1. The van der Waals surface area contributed by atoms with E-state index in [2.05, 4.69) is 9.68 Å². The molecule has 1 aliphatic rings. The lowest BCUT2D eigenvalue weighted by atomic mass is 9.80. The van der Waals surface area contributed by atoms with Gasteiger partial charge in [0.25, 0.3) is 0 Å². The molecule has 0 radical (unpaired) electrons. The van der Waals surface area contributed by atoms with Gasteiger partial charge in [0.2, 0.25) is 0 Å². The Morgan fingerprint density at radius 1 is 1.60 bits per heavy atom. The third-order valence-electron chi connectivity index (χ3n) is 1.99. The molecular weight excluding hydrogens is 130 g/mol. The molecule has 0 saturated heterocycles. The van der Waals surface area contributed by atoms with E-state index in [0.29, 0.717) is 5.92 Å². The maximum absolute atomic E-state index is 8.96. The van der Waals surface area contributed by atoms with E-state index in [1.807, 2.05) is 6.07 Å². The van der Waals surface area contributed by atoms with Crippen LogP contribution in [0.5, 0.6) is 0 Å². The zero-order chi connectivity index (χ0) is 6.97. The Labute approximate surface area is 58.6 Å². The van der Waals surface area contributed by atoms with Gasteiger partial charge in [-0.1, -0.05) is 5.16 Å². The Kier molecular flexibility index (Phi) is 1.24. The van der Waals surface area contributed by atoms with E-state index in [4.69, 9.17) is 5.11 Å². The van der Waals surface area contributed by atoms with Gasteiger partial charge >= 0.3 is 0 Å². The van der Waals surface area contributed by atoms with Crippen LogP contribution in [0.1, 0.15) is 24.5 Å². The smallest absolute Gasteiger partial charge is 0.124 e. The summed E-state index contributed by atoms with van der Waals surface area (Å²) >= 11 is 0. The van der Waals surface area contributed by atoms with Gasteiger partial charge in [0.15, 0.2) is 0 Å². The summed E-state index contributed by atoms with van der Waals surface area (Å²) in [6.07, 6.45) is 3.14. The van der Waals surface area contributed by atoms with E-state index in [9.17, 15) is 0 Å². The minimum Gasteiger partial charge on any atom is -0.393 e. The Morgan fingerprint density at radius 2 is 2.40 bits per heavy atom. The molecule has 10 heavy (non-hydrogen) atoms. The predicted octanol–water partition coefficient (Wildman–Crippen LogP) is 0.913. The van der Waals surface area contributed by atoms with Gasteiger partial charge in [-0.3, -0.25) is 0 Å². The van der Waals surface area contributed by atoms with E-state index < -0.39 is 0 Å². The van der Waals surface area contributed by atoms with Gasteiger partial charge in [0, 0.05) is 12.0 Å². The molecule has 0 amide bonds. The van der Waals surface area contributed by atoms with Crippen LogP contribution in [0.3, 0.4) is 0 Å². The fourth-order valence-electron chi connectivity index (χ4n) is 1.26. The molecule has 0 atom stereocenters. The van der Waals surface area contributed by atoms with Crippen LogP contribution in [0.4, 0.5) is 0 Å². The highest BCUT2D eigenvalue weighted by atomic mass is 16.5. The van der Waals surface area contributed by atoms with Gasteiger partial charge in [-0.05, 0) is 12.8 Å². The monoisotopic (exact) mass is 139 g/mol. The van der Waals surface area contributed by atoms with E-state index >= 15 is 0 Å². The molecule has 0 bridgehead atoms. The van der Waals surface area contributed by atoms with E-state index in [1.165, 1.54) is 0 Å². The van der Waals surface area contributed by atoms with Crippen LogP contribution in [0.15, 0.2) is 16.9 Å². The van der Waals surface area contributed by atoms with Crippen molar-refractivity contribution >= 4 is 0 Å². The first-order chi connectivity index (χ1) is 4.86. The van der Waals surface area contributed by atoms with Crippen molar-refractivity contribution in [3.8, 4) is 0 Å². The molecule has 0 spiro atoms. The second-order valence-electron chi connectivity index (χ2n) is 2.75. The zero-order valence-corrected chi connectivity index (χ0v) is 5.53. The summed E-state index contributed by atoms with van der Waals surface area (Å²) in [6, 6.07) is 1.86. The molecule has 1 saturated carbocycles. The van der Waals surface area contributed by atoms with Crippen molar-refractivity contribution < 1.29 is 9.63 Å². The summed E-state index contributed by atoms with van der Waals surface area (Å²) in [5, 5.41) is 12.7. The standard InChI is InChI=1S/C7H9NO2/c9-6-3-5(4-6)7-1-2-10-8-7/h1-2,5-6,9H,3-4H2. The predicted molar refractivity (Wildman–Crippen MR) is 34.5 cm³/mol. The lowest BCUT2D eigenvalue weighted by Crippen LogP contribution is -2.26. The Morgan fingerprint density at radius 3 is 2.90 bits per heavy atom. The zero-order valence-electron chi connectivity index (χ0n) is 5.53. The topological polar surface area (TPSA) is 46.3 Å². The van der Waals surface area contributed by atoms with Crippen LogP contribution in [-0.4, -0.2) is 16.4 Å². The lowest BCUT2D eigenvalue weighted by molar-refractivity contribution is 0.0721. The van der Waals surface area contributed by atoms with Gasteiger partial charge in [-0.15, -0.1) is 0 Å². The molecule has 1 aromatic rings. The van der Waals surface area contributed by atoms with Crippen LogP contribution in [0, 0.1) is 0 Å². The summed E-state index contributed by atoms with van der Waals surface area (Å²) in [6.45, 7) is 0. The molecule has 1 heterocycles. The molecule has 1 fully saturated rings. The van der Waals surface area contributed by atoms with Crippen molar-refractivity contribution in [3.63, 3.8) is 0 Å². The number of aliphatic hydroxyl groups excluding tert-OH is 1. The minimum absolute atomic E-state index is 0.110. The van der Waals surface area contributed by atoms with Gasteiger partial charge in [0.05, 0.1) is 11.8 Å².